The molecule has 0 heterocycles. The van der Waals surface area contributed by atoms with E-state index in [0.29, 0.717) is 0 Å². The standard InChI is InChI=1S/C10H11N2O/c1-8-4-3-5-10(6-8)7-11-12-9(2)13/h3-7H,2H2,1H3,(H,12,13). The number of carbonyl (C=O) groups is 1. The molecule has 1 N–H and O–H groups in total. The molecule has 0 spiro atoms. The molecule has 0 atom stereocenters. The summed E-state index contributed by atoms with van der Waals surface area (Å²) in [5.41, 5.74) is 4.34. The first-order valence-electron chi connectivity index (χ1n) is 3.90. The molecule has 3 heteroatoms. The normalized spacial score (nSPS) is 10.3. The molecular weight excluding hydrogens is 164 g/mol. The van der Waals surface area contributed by atoms with Gasteiger partial charge < -0.3 is 0 Å². The minimum absolute atomic E-state index is 0.413. The van der Waals surface area contributed by atoms with Crippen molar-refractivity contribution in [3.63, 3.8) is 0 Å². The van der Waals surface area contributed by atoms with E-state index < -0.39 is 5.91 Å². The first-order chi connectivity index (χ1) is 6.18. The van der Waals surface area contributed by atoms with Gasteiger partial charge in [0.25, 0.3) is 0 Å². The van der Waals surface area contributed by atoms with Gasteiger partial charge in [-0.25, -0.2) is 5.43 Å². The van der Waals surface area contributed by atoms with Crippen molar-refractivity contribution in [3.05, 3.63) is 42.3 Å². The molecular formula is C10H11N2O. The Morgan fingerprint density at radius 1 is 1.62 bits per heavy atom. The molecule has 1 rings (SSSR count). The lowest BCUT2D eigenvalue weighted by Gasteiger charge is -1.94. The zero-order valence-electron chi connectivity index (χ0n) is 7.45. The SMILES string of the molecule is [CH2]C(=O)NN=Cc1cccc(C)c1. The van der Waals surface area contributed by atoms with E-state index in [0.717, 1.165) is 11.1 Å². The van der Waals surface area contributed by atoms with Crippen molar-refractivity contribution in [2.45, 2.75) is 6.92 Å². The van der Waals surface area contributed by atoms with Gasteiger partial charge in [0.05, 0.1) is 6.21 Å². The molecule has 0 aromatic heterocycles. The molecule has 1 amide bonds. The zero-order chi connectivity index (χ0) is 9.68. The summed E-state index contributed by atoms with van der Waals surface area (Å²) in [6, 6.07) is 7.81. The molecule has 3 nitrogen and oxygen atoms in total. The Morgan fingerprint density at radius 3 is 3.00 bits per heavy atom. The largest absolute Gasteiger partial charge is 0.273 e. The van der Waals surface area contributed by atoms with Gasteiger partial charge in [0.1, 0.15) is 0 Å². The van der Waals surface area contributed by atoms with E-state index in [4.69, 9.17) is 0 Å². The van der Waals surface area contributed by atoms with Crippen LogP contribution in [-0.4, -0.2) is 12.1 Å². The van der Waals surface area contributed by atoms with Gasteiger partial charge in [-0.15, -0.1) is 0 Å². The summed E-state index contributed by atoms with van der Waals surface area (Å²) in [6.07, 6.45) is 1.58. The van der Waals surface area contributed by atoms with Crippen LogP contribution in [-0.2, 0) is 4.79 Å². The fourth-order valence-electron chi connectivity index (χ4n) is 0.929. The average Bonchev–Trinajstić information content (AvgIpc) is 2.03. The summed E-state index contributed by atoms with van der Waals surface area (Å²) in [5, 5.41) is 3.70. The number of nitrogens with zero attached hydrogens (tertiary/aromatic N) is 1. The molecule has 0 aliphatic heterocycles. The molecule has 1 aromatic carbocycles. The van der Waals surface area contributed by atoms with Crippen molar-refractivity contribution in [2.75, 3.05) is 0 Å². The smallest absolute Gasteiger partial charge is 0.240 e. The van der Waals surface area contributed by atoms with Gasteiger partial charge in [0, 0.05) is 6.92 Å². The second-order valence-corrected chi connectivity index (χ2v) is 2.71. The first-order valence-corrected chi connectivity index (χ1v) is 3.90. The average molecular weight is 175 g/mol. The van der Waals surface area contributed by atoms with Crippen molar-refractivity contribution in [3.8, 4) is 0 Å². The van der Waals surface area contributed by atoms with Gasteiger partial charge in [0.15, 0.2) is 0 Å². The monoisotopic (exact) mass is 175 g/mol. The summed E-state index contributed by atoms with van der Waals surface area (Å²) < 4.78 is 0. The summed E-state index contributed by atoms with van der Waals surface area (Å²) >= 11 is 0. The molecule has 67 valence electrons. The molecule has 0 aliphatic carbocycles. The number of nitrogens with one attached hydrogen (secondary N) is 1. The summed E-state index contributed by atoms with van der Waals surface area (Å²) in [4.78, 5) is 10.4. The van der Waals surface area contributed by atoms with Crippen LogP contribution < -0.4 is 5.43 Å². The highest BCUT2D eigenvalue weighted by Crippen LogP contribution is 2.00. The maximum Gasteiger partial charge on any atom is 0.240 e. The number of aryl methyl sites for hydroxylation is 1. The van der Waals surface area contributed by atoms with Crippen LogP contribution in [0.4, 0.5) is 0 Å². The molecule has 0 fully saturated rings. The van der Waals surface area contributed by atoms with Crippen LogP contribution in [0.5, 0.6) is 0 Å². The van der Waals surface area contributed by atoms with Crippen LogP contribution >= 0.6 is 0 Å². The Kier molecular flexibility index (Phi) is 3.20. The Bertz CT molecular complexity index is 331. The Balaban J connectivity index is 2.63. The van der Waals surface area contributed by atoms with E-state index in [1.807, 2.05) is 31.2 Å². The fourth-order valence-corrected chi connectivity index (χ4v) is 0.929. The number of rotatable bonds is 2. The summed E-state index contributed by atoms with van der Waals surface area (Å²) in [5.74, 6) is -0.413. The molecule has 0 saturated heterocycles. The van der Waals surface area contributed by atoms with Crippen molar-refractivity contribution in [1.82, 2.24) is 5.43 Å². The number of hydrogen-bond donors (Lipinski definition) is 1. The highest BCUT2D eigenvalue weighted by atomic mass is 16.2. The lowest BCUT2D eigenvalue weighted by molar-refractivity contribution is -0.116. The van der Waals surface area contributed by atoms with E-state index in [1.165, 1.54) is 0 Å². The predicted octanol–water partition coefficient (Wildman–Crippen LogP) is 1.28. The van der Waals surface area contributed by atoms with Crippen LogP contribution in [0.15, 0.2) is 29.4 Å². The minimum Gasteiger partial charge on any atom is -0.273 e. The third-order valence-corrected chi connectivity index (χ3v) is 1.45. The molecule has 13 heavy (non-hydrogen) atoms. The van der Waals surface area contributed by atoms with Gasteiger partial charge >= 0.3 is 0 Å². The Morgan fingerprint density at radius 2 is 2.38 bits per heavy atom. The second-order valence-electron chi connectivity index (χ2n) is 2.71. The second kappa shape index (κ2) is 4.40. The highest BCUT2D eigenvalue weighted by molar-refractivity contribution is 5.84. The van der Waals surface area contributed by atoms with Gasteiger partial charge in [-0.05, 0) is 12.5 Å². The van der Waals surface area contributed by atoms with E-state index in [-0.39, 0.29) is 0 Å². The zero-order valence-corrected chi connectivity index (χ0v) is 7.45. The van der Waals surface area contributed by atoms with Crippen LogP contribution in [0, 0.1) is 13.8 Å². The van der Waals surface area contributed by atoms with Crippen molar-refractivity contribution >= 4 is 12.1 Å². The lowest BCUT2D eigenvalue weighted by Crippen LogP contribution is -2.12. The van der Waals surface area contributed by atoms with Crippen molar-refractivity contribution in [1.29, 1.82) is 0 Å². The van der Waals surface area contributed by atoms with Crippen molar-refractivity contribution in [2.24, 2.45) is 5.10 Å². The third kappa shape index (κ3) is 3.51. The first kappa shape index (κ1) is 9.45. The van der Waals surface area contributed by atoms with Gasteiger partial charge in [-0.1, -0.05) is 29.8 Å². The van der Waals surface area contributed by atoms with E-state index in [1.54, 1.807) is 6.21 Å². The number of benzene rings is 1. The number of carbonyl (C=O) groups excluding carboxylic acids is 1. The van der Waals surface area contributed by atoms with Gasteiger partial charge in [-0.3, -0.25) is 4.79 Å². The highest BCUT2D eigenvalue weighted by Gasteiger charge is 1.88. The van der Waals surface area contributed by atoms with Crippen molar-refractivity contribution < 1.29 is 4.79 Å². The maximum atomic E-state index is 10.4. The van der Waals surface area contributed by atoms with Crippen LogP contribution in [0.25, 0.3) is 0 Å². The number of hydrogen-bond acceptors (Lipinski definition) is 2. The predicted molar refractivity (Wildman–Crippen MR) is 52.3 cm³/mol. The van der Waals surface area contributed by atoms with E-state index >= 15 is 0 Å². The molecule has 0 saturated carbocycles. The summed E-state index contributed by atoms with van der Waals surface area (Å²) in [6.45, 7) is 5.12. The molecule has 1 aromatic rings. The Hall–Kier alpha value is -1.64. The Labute approximate surface area is 77.5 Å². The molecule has 0 bridgehead atoms. The molecule has 1 radical (unpaired) electrons. The summed E-state index contributed by atoms with van der Waals surface area (Å²) in [7, 11) is 0. The third-order valence-electron chi connectivity index (χ3n) is 1.45. The van der Waals surface area contributed by atoms with E-state index in [9.17, 15) is 4.79 Å². The topological polar surface area (TPSA) is 41.5 Å². The van der Waals surface area contributed by atoms with Crippen LogP contribution in [0.3, 0.4) is 0 Å². The van der Waals surface area contributed by atoms with Crippen LogP contribution in [0.1, 0.15) is 11.1 Å². The van der Waals surface area contributed by atoms with Gasteiger partial charge in [0.2, 0.25) is 5.91 Å². The maximum absolute atomic E-state index is 10.4. The van der Waals surface area contributed by atoms with E-state index in [2.05, 4.69) is 17.5 Å². The van der Waals surface area contributed by atoms with Crippen LogP contribution in [0.2, 0.25) is 0 Å². The number of amides is 1. The quantitative estimate of drug-likeness (QED) is 0.534. The number of hydrazone groups is 1. The molecule has 0 aliphatic rings. The lowest BCUT2D eigenvalue weighted by atomic mass is 10.2. The fraction of sp³-hybridized carbons (Fsp3) is 0.100. The molecule has 0 unspecified atom stereocenters. The van der Waals surface area contributed by atoms with Gasteiger partial charge in [-0.2, -0.15) is 5.10 Å². The minimum atomic E-state index is -0.413.